The molecule has 0 aromatic carbocycles. The van der Waals surface area contributed by atoms with Crippen molar-refractivity contribution in [1.29, 1.82) is 0 Å². The Kier molecular flexibility index (Phi) is 3.54. The Morgan fingerprint density at radius 1 is 1.50 bits per heavy atom. The van der Waals surface area contributed by atoms with Crippen molar-refractivity contribution in [3.8, 4) is 0 Å². The number of anilines is 1. The fourth-order valence-electron chi connectivity index (χ4n) is 1.98. The van der Waals surface area contributed by atoms with Gasteiger partial charge >= 0.3 is 0 Å². The number of carbonyl (C=O) groups excluding carboxylic acids is 1. The summed E-state index contributed by atoms with van der Waals surface area (Å²) in [5.41, 5.74) is 0.703. The number of carbonyl (C=O) groups is 1. The Morgan fingerprint density at radius 2 is 2.22 bits per heavy atom. The summed E-state index contributed by atoms with van der Waals surface area (Å²) in [5.74, 6) is -0.187. The van der Waals surface area contributed by atoms with Crippen LogP contribution in [0, 0.1) is 12.8 Å². The van der Waals surface area contributed by atoms with Gasteiger partial charge in [-0.15, -0.1) is 0 Å². The number of aromatic nitrogens is 2. The maximum atomic E-state index is 11.8. The minimum absolute atomic E-state index is 0.153. The number of nitrogens with zero attached hydrogens (tertiary/aromatic N) is 3. The summed E-state index contributed by atoms with van der Waals surface area (Å²) in [7, 11) is 1.61. The number of rotatable bonds is 3. The lowest BCUT2D eigenvalue weighted by atomic mass is 10.1. The first-order valence-electron chi connectivity index (χ1n) is 5.36. The summed E-state index contributed by atoms with van der Waals surface area (Å²) in [6.07, 6.45) is 3.24. The van der Waals surface area contributed by atoms with E-state index in [1.807, 2.05) is 0 Å². The second kappa shape index (κ2) is 4.81. The van der Waals surface area contributed by atoms with Crippen LogP contribution in [0.25, 0.3) is 0 Å². The maximum absolute atomic E-state index is 11.8. The normalized spacial score (nSPS) is 20.4. The van der Waals surface area contributed by atoms with Gasteiger partial charge in [0, 0.05) is 35.8 Å². The van der Waals surface area contributed by atoms with Gasteiger partial charge in [0.1, 0.15) is 0 Å². The predicted molar refractivity (Wildman–Crippen MR) is 66.9 cm³/mol. The molecular weight excluding hydrogens is 278 g/mol. The summed E-state index contributed by atoms with van der Waals surface area (Å²) in [6, 6.07) is 0. The molecule has 1 amide bonds. The van der Waals surface area contributed by atoms with E-state index >= 15 is 0 Å². The van der Waals surface area contributed by atoms with E-state index in [4.69, 9.17) is 10.7 Å². The van der Waals surface area contributed by atoms with Crippen LogP contribution < -0.4 is 4.90 Å². The topological polar surface area (TPSA) is 80.2 Å². The molecule has 2 rings (SSSR count). The number of hydrogen-bond acceptors (Lipinski definition) is 5. The molecule has 0 aliphatic carbocycles. The molecule has 8 heteroatoms. The zero-order valence-electron chi connectivity index (χ0n) is 9.71. The summed E-state index contributed by atoms with van der Waals surface area (Å²) < 4.78 is 22.0. The molecule has 1 fully saturated rings. The molecule has 0 radical (unpaired) electrons. The van der Waals surface area contributed by atoms with Crippen LogP contribution >= 0.6 is 10.7 Å². The third-order valence-electron chi connectivity index (χ3n) is 2.66. The summed E-state index contributed by atoms with van der Waals surface area (Å²) in [6.45, 7) is 2.08. The molecule has 6 nitrogen and oxygen atoms in total. The van der Waals surface area contributed by atoms with Crippen molar-refractivity contribution in [3.05, 3.63) is 18.1 Å². The molecule has 1 aromatic heterocycles. The van der Waals surface area contributed by atoms with Crippen molar-refractivity contribution in [2.24, 2.45) is 5.92 Å². The van der Waals surface area contributed by atoms with Crippen LogP contribution in [0.1, 0.15) is 12.1 Å². The molecule has 1 unspecified atom stereocenters. The smallest absolute Gasteiger partial charge is 0.232 e. The van der Waals surface area contributed by atoms with Crippen LogP contribution in [0.5, 0.6) is 0 Å². The third kappa shape index (κ3) is 3.17. The van der Waals surface area contributed by atoms with E-state index in [0.717, 1.165) is 0 Å². The Balaban J connectivity index is 2.15. The van der Waals surface area contributed by atoms with Crippen LogP contribution in [-0.4, -0.2) is 36.6 Å². The van der Waals surface area contributed by atoms with Crippen LogP contribution in [0.15, 0.2) is 12.4 Å². The lowest BCUT2D eigenvalue weighted by molar-refractivity contribution is -0.117. The highest BCUT2D eigenvalue weighted by molar-refractivity contribution is 8.13. The lowest BCUT2D eigenvalue weighted by Gasteiger charge is -2.15. The van der Waals surface area contributed by atoms with Gasteiger partial charge in [0.15, 0.2) is 5.82 Å². The van der Waals surface area contributed by atoms with Crippen molar-refractivity contribution in [2.45, 2.75) is 13.3 Å². The first kappa shape index (κ1) is 13.2. The summed E-state index contributed by atoms with van der Waals surface area (Å²) in [4.78, 5) is 21.4. The molecule has 1 saturated heterocycles. The van der Waals surface area contributed by atoms with Gasteiger partial charge in [-0.2, -0.15) is 0 Å². The Hall–Kier alpha value is -1.21. The minimum atomic E-state index is -3.59. The monoisotopic (exact) mass is 289 g/mol. The Morgan fingerprint density at radius 3 is 2.83 bits per heavy atom. The molecule has 1 aromatic rings. The Bertz CT molecular complexity index is 575. The number of amides is 1. The van der Waals surface area contributed by atoms with Crippen molar-refractivity contribution < 1.29 is 13.2 Å². The van der Waals surface area contributed by atoms with Crippen molar-refractivity contribution >= 4 is 31.5 Å². The fourth-order valence-corrected chi connectivity index (χ4v) is 3.30. The highest BCUT2D eigenvalue weighted by Gasteiger charge is 2.33. The van der Waals surface area contributed by atoms with Gasteiger partial charge < -0.3 is 0 Å². The number of halogens is 1. The molecule has 0 saturated carbocycles. The molecule has 1 atom stereocenters. The lowest BCUT2D eigenvalue weighted by Crippen LogP contribution is -2.26. The summed E-state index contributed by atoms with van der Waals surface area (Å²) >= 11 is 0. The van der Waals surface area contributed by atoms with Crippen molar-refractivity contribution in [1.82, 2.24) is 9.97 Å². The highest BCUT2D eigenvalue weighted by atomic mass is 35.7. The van der Waals surface area contributed by atoms with Gasteiger partial charge in [0.05, 0.1) is 17.6 Å². The molecule has 2 heterocycles. The second-order valence-electron chi connectivity index (χ2n) is 4.30. The van der Waals surface area contributed by atoms with E-state index in [-0.39, 0.29) is 24.0 Å². The van der Waals surface area contributed by atoms with Crippen molar-refractivity contribution in [2.75, 3.05) is 17.2 Å². The molecule has 98 valence electrons. The minimum Gasteiger partial charge on any atom is -0.295 e. The van der Waals surface area contributed by atoms with Crippen LogP contribution in [0.4, 0.5) is 5.82 Å². The van der Waals surface area contributed by atoms with Crippen LogP contribution in [0.3, 0.4) is 0 Å². The largest absolute Gasteiger partial charge is 0.295 e. The first-order valence-corrected chi connectivity index (χ1v) is 7.84. The summed E-state index contributed by atoms with van der Waals surface area (Å²) in [5, 5.41) is 0. The van der Waals surface area contributed by atoms with E-state index in [9.17, 15) is 13.2 Å². The SMILES string of the molecule is Cc1cncc(N2CC(CS(=O)(=O)Cl)CC2=O)n1. The van der Waals surface area contributed by atoms with Gasteiger partial charge in [-0.1, -0.05) is 0 Å². The van der Waals surface area contributed by atoms with Crippen molar-refractivity contribution in [3.63, 3.8) is 0 Å². The molecule has 1 aliphatic rings. The zero-order chi connectivity index (χ0) is 13.3. The molecule has 0 N–H and O–H groups in total. The molecule has 0 bridgehead atoms. The highest BCUT2D eigenvalue weighted by Crippen LogP contribution is 2.24. The molecule has 18 heavy (non-hydrogen) atoms. The Labute approximate surface area is 109 Å². The van der Waals surface area contributed by atoms with Gasteiger partial charge in [0.25, 0.3) is 0 Å². The van der Waals surface area contributed by atoms with E-state index in [1.54, 1.807) is 13.1 Å². The van der Waals surface area contributed by atoms with E-state index in [0.29, 0.717) is 18.1 Å². The van der Waals surface area contributed by atoms with E-state index in [1.165, 1.54) is 11.1 Å². The van der Waals surface area contributed by atoms with Gasteiger partial charge in [-0.05, 0) is 6.92 Å². The number of aryl methyl sites for hydroxylation is 1. The average molecular weight is 290 g/mol. The molecule has 1 aliphatic heterocycles. The number of hydrogen-bond donors (Lipinski definition) is 0. The average Bonchev–Trinajstić information content (AvgIpc) is 2.56. The molecule has 0 spiro atoms. The third-order valence-corrected chi connectivity index (χ3v) is 3.91. The van der Waals surface area contributed by atoms with E-state index < -0.39 is 9.05 Å². The van der Waals surface area contributed by atoms with Gasteiger partial charge in [-0.25, -0.2) is 13.4 Å². The standard InChI is InChI=1S/C10H12ClN3O3S/c1-7-3-12-4-9(13-7)14-5-8(2-10(14)15)6-18(11,16)17/h3-4,8H,2,5-6H2,1H3. The first-order chi connectivity index (χ1) is 8.35. The predicted octanol–water partition coefficient (Wildman–Crippen LogP) is 0.707. The van der Waals surface area contributed by atoms with Crippen LogP contribution in [0.2, 0.25) is 0 Å². The zero-order valence-corrected chi connectivity index (χ0v) is 11.3. The van der Waals surface area contributed by atoms with E-state index in [2.05, 4.69) is 9.97 Å². The fraction of sp³-hybridized carbons (Fsp3) is 0.500. The second-order valence-corrected chi connectivity index (χ2v) is 7.12. The van der Waals surface area contributed by atoms with Gasteiger partial charge in [-0.3, -0.25) is 14.7 Å². The van der Waals surface area contributed by atoms with Crippen LogP contribution in [-0.2, 0) is 13.8 Å². The van der Waals surface area contributed by atoms with Gasteiger partial charge in [0.2, 0.25) is 15.0 Å². The quantitative estimate of drug-likeness (QED) is 0.766. The maximum Gasteiger partial charge on any atom is 0.232 e. The molecular formula is C10H12ClN3O3S.